The predicted molar refractivity (Wildman–Crippen MR) is 149 cm³/mol. The van der Waals surface area contributed by atoms with Crippen molar-refractivity contribution in [3.05, 3.63) is 81.9 Å². The van der Waals surface area contributed by atoms with Crippen LogP contribution in [0.1, 0.15) is 59.5 Å². The number of hydrogen-bond acceptors (Lipinski definition) is 12. The molecule has 1 radical (unpaired) electrons. The molecule has 0 aliphatic rings. The van der Waals surface area contributed by atoms with E-state index in [1.165, 1.54) is 62.8 Å². The Labute approximate surface area is 258 Å². The SMILES string of the molecule is CCOC(=O)/C(C(C)=O)=C(/O)c1ccc(C(=O)OC)cc1.CCOC(=O)/C(C(C)=O)=C(\O)c1ccc(C(=O)OC)cc1.[Cu]. The molecular formula is C30H32CuO12. The molecule has 0 heterocycles. The summed E-state index contributed by atoms with van der Waals surface area (Å²) >= 11 is 0. The van der Waals surface area contributed by atoms with E-state index in [4.69, 9.17) is 9.47 Å². The maximum atomic E-state index is 11.7. The van der Waals surface area contributed by atoms with Crippen LogP contribution in [0, 0.1) is 0 Å². The van der Waals surface area contributed by atoms with Crippen LogP contribution in [0.25, 0.3) is 11.5 Å². The normalized spacial score (nSPS) is 11.1. The molecule has 0 saturated carbocycles. The number of ether oxygens (including phenoxy) is 4. The average molecular weight is 648 g/mol. The van der Waals surface area contributed by atoms with E-state index in [0.717, 1.165) is 13.8 Å². The fourth-order valence-corrected chi connectivity index (χ4v) is 3.27. The van der Waals surface area contributed by atoms with E-state index in [1.54, 1.807) is 13.8 Å². The van der Waals surface area contributed by atoms with Gasteiger partial charge in [-0.15, -0.1) is 0 Å². The Morgan fingerprint density at radius 3 is 1.02 bits per heavy atom. The number of rotatable bonds is 10. The molecule has 0 amide bonds. The summed E-state index contributed by atoms with van der Waals surface area (Å²) in [4.78, 5) is 69.0. The zero-order valence-electron chi connectivity index (χ0n) is 24.3. The van der Waals surface area contributed by atoms with Gasteiger partial charge >= 0.3 is 23.9 Å². The van der Waals surface area contributed by atoms with Crippen molar-refractivity contribution < 1.29 is 75.0 Å². The van der Waals surface area contributed by atoms with Gasteiger partial charge < -0.3 is 29.2 Å². The molecule has 0 aliphatic heterocycles. The van der Waals surface area contributed by atoms with Crippen molar-refractivity contribution in [2.45, 2.75) is 27.7 Å². The zero-order valence-corrected chi connectivity index (χ0v) is 25.3. The number of hydrogen-bond donors (Lipinski definition) is 2. The number of aliphatic hydroxyl groups is 2. The number of carbonyl (C=O) groups excluding carboxylic acids is 6. The molecule has 12 nitrogen and oxygen atoms in total. The van der Waals surface area contributed by atoms with E-state index >= 15 is 0 Å². The summed E-state index contributed by atoms with van der Waals surface area (Å²) in [7, 11) is 2.50. The standard InChI is InChI=1S/2C15H16O6.Cu/c2*1-4-21-15(19)12(9(2)16)13(17)10-5-7-11(8-6-10)14(18)20-3;/h2*5-8,17H,4H2,1-3H3;/b13-12+;13-12-;. The van der Waals surface area contributed by atoms with Gasteiger partial charge in [0.25, 0.3) is 0 Å². The summed E-state index contributed by atoms with van der Waals surface area (Å²) in [5, 5.41) is 20.2. The Morgan fingerprint density at radius 2 is 0.814 bits per heavy atom. The van der Waals surface area contributed by atoms with E-state index in [0.29, 0.717) is 0 Å². The third-order valence-corrected chi connectivity index (χ3v) is 5.30. The van der Waals surface area contributed by atoms with Crippen LogP contribution in [0.3, 0.4) is 0 Å². The van der Waals surface area contributed by atoms with Crippen LogP contribution < -0.4 is 0 Å². The molecule has 235 valence electrons. The maximum absolute atomic E-state index is 11.7. The van der Waals surface area contributed by atoms with Gasteiger partial charge in [0.2, 0.25) is 0 Å². The van der Waals surface area contributed by atoms with Gasteiger partial charge in [-0.3, -0.25) is 9.59 Å². The van der Waals surface area contributed by atoms with Crippen LogP contribution >= 0.6 is 0 Å². The van der Waals surface area contributed by atoms with E-state index in [9.17, 15) is 39.0 Å². The van der Waals surface area contributed by atoms with Crippen LogP contribution in [0.15, 0.2) is 59.7 Å². The Morgan fingerprint density at radius 1 is 0.558 bits per heavy atom. The van der Waals surface area contributed by atoms with Crippen molar-refractivity contribution in [2.24, 2.45) is 0 Å². The van der Waals surface area contributed by atoms with Gasteiger partial charge in [-0.1, -0.05) is 24.3 Å². The van der Waals surface area contributed by atoms with Crippen molar-refractivity contribution in [3.8, 4) is 0 Å². The van der Waals surface area contributed by atoms with Gasteiger partial charge in [0, 0.05) is 28.2 Å². The second kappa shape index (κ2) is 18.6. The average Bonchev–Trinajstić information content (AvgIpc) is 2.96. The second-order valence-corrected chi connectivity index (χ2v) is 8.14. The zero-order chi connectivity index (χ0) is 32.0. The number of methoxy groups -OCH3 is 2. The molecule has 2 rings (SSSR count). The maximum Gasteiger partial charge on any atom is 0.345 e. The predicted octanol–water partition coefficient (Wildman–Crippen LogP) is 3.79. The summed E-state index contributed by atoms with van der Waals surface area (Å²) in [6, 6.07) is 11.3. The molecule has 0 unspecified atom stereocenters. The molecule has 0 saturated heterocycles. The van der Waals surface area contributed by atoms with Crippen LogP contribution in [-0.2, 0) is 55.2 Å². The third-order valence-electron chi connectivity index (χ3n) is 5.30. The van der Waals surface area contributed by atoms with E-state index in [1.807, 2.05) is 0 Å². The molecule has 2 aromatic rings. The van der Waals surface area contributed by atoms with Crippen molar-refractivity contribution >= 4 is 47.0 Å². The van der Waals surface area contributed by atoms with Crippen LogP contribution in [0.2, 0.25) is 0 Å². The van der Waals surface area contributed by atoms with Crippen molar-refractivity contribution in [1.29, 1.82) is 0 Å². The molecule has 0 fully saturated rings. The van der Waals surface area contributed by atoms with E-state index in [2.05, 4.69) is 9.47 Å². The fraction of sp³-hybridized carbons (Fsp3) is 0.267. The first kappa shape index (κ1) is 38.3. The van der Waals surface area contributed by atoms with Gasteiger partial charge in [-0.05, 0) is 52.0 Å². The second-order valence-electron chi connectivity index (χ2n) is 8.14. The first-order chi connectivity index (χ1) is 19.8. The van der Waals surface area contributed by atoms with Gasteiger partial charge in [0.1, 0.15) is 22.7 Å². The molecule has 43 heavy (non-hydrogen) atoms. The molecule has 0 atom stereocenters. The van der Waals surface area contributed by atoms with Gasteiger partial charge in [-0.25, -0.2) is 19.2 Å². The molecule has 0 aliphatic carbocycles. The minimum atomic E-state index is -0.889. The Balaban J connectivity index is 0.000000802. The number of esters is 4. The van der Waals surface area contributed by atoms with Crippen molar-refractivity contribution in [1.82, 2.24) is 0 Å². The van der Waals surface area contributed by atoms with Crippen LogP contribution in [-0.4, -0.2) is 73.1 Å². The third kappa shape index (κ3) is 10.9. The monoisotopic (exact) mass is 647 g/mol. The summed E-state index contributed by atoms with van der Waals surface area (Å²) in [5.41, 5.74) is 0.163. The molecule has 2 N–H and O–H groups in total. The van der Waals surface area contributed by atoms with Gasteiger partial charge in [-0.2, -0.15) is 0 Å². The van der Waals surface area contributed by atoms with E-state index < -0.39 is 58.1 Å². The Bertz CT molecular complexity index is 1280. The molecule has 2 aromatic carbocycles. The van der Waals surface area contributed by atoms with E-state index in [-0.39, 0.29) is 52.5 Å². The Hall–Kier alpha value is -4.74. The summed E-state index contributed by atoms with van der Waals surface area (Å²) in [6.07, 6.45) is 0. The van der Waals surface area contributed by atoms with Crippen molar-refractivity contribution in [2.75, 3.05) is 27.4 Å². The number of ketones is 2. The molecule has 0 spiro atoms. The summed E-state index contributed by atoms with van der Waals surface area (Å²) in [5.74, 6) is -5.02. The first-order valence-electron chi connectivity index (χ1n) is 12.4. The van der Waals surface area contributed by atoms with Gasteiger partial charge in [0.05, 0.1) is 38.6 Å². The largest absolute Gasteiger partial charge is 0.506 e. The Kier molecular flexibility index (Phi) is 16.6. The summed E-state index contributed by atoms with van der Waals surface area (Å²) < 4.78 is 18.6. The van der Waals surface area contributed by atoms with Crippen LogP contribution in [0.5, 0.6) is 0 Å². The molecule has 13 heteroatoms. The quantitative estimate of drug-likeness (QED) is 0.0726. The molecule has 0 bridgehead atoms. The number of benzene rings is 2. The minimum absolute atomic E-state index is 0. The number of carbonyl (C=O) groups is 6. The topological polar surface area (TPSA) is 180 Å². The fourth-order valence-electron chi connectivity index (χ4n) is 3.27. The number of aliphatic hydroxyl groups excluding tert-OH is 2. The minimum Gasteiger partial charge on any atom is -0.506 e. The molecular weight excluding hydrogens is 616 g/mol. The van der Waals surface area contributed by atoms with Crippen molar-refractivity contribution in [3.63, 3.8) is 0 Å². The number of Topliss-reactive ketones (excluding diaryl/α,β-unsaturated/α-hetero) is 2. The summed E-state index contributed by atoms with van der Waals surface area (Å²) in [6.45, 7) is 5.68. The molecule has 0 aromatic heterocycles. The van der Waals surface area contributed by atoms with Crippen LogP contribution in [0.4, 0.5) is 0 Å². The van der Waals surface area contributed by atoms with Gasteiger partial charge in [0.15, 0.2) is 11.6 Å². The first-order valence-corrected chi connectivity index (χ1v) is 12.4. The smallest absolute Gasteiger partial charge is 0.345 e.